The molecule has 6 heteroatoms. The fourth-order valence-electron chi connectivity index (χ4n) is 5.36. The third kappa shape index (κ3) is 4.56. The van der Waals surface area contributed by atoms with Crippen LogP contribution in [0.4, 0.5) is 0 Å². The molecule has 5 rings (SSSR count). The highest BCUT2D eigenvalue weighted by Gasteiger charge is 2.20. The van der Waals surface area contributed by atoms with Gasteiger partial charge in [-0.25, -0.2) is 0 Å². The van der Waals surface area contributed by atoms with Gasteiger partial charge in [0.2, 0.25) is 0 Å². The molecule has 0 unspecified atom stereocenters. The number of aryl methyl sites for hydroxylation is 1. The molecule has 0 N–H and O–H groups in total. The molecule has 1 aliphatic heterocycles. The molecule has 0 bridgehead atoms. The lowest BCUT2D eigenvalue weighted by molar-refractivity contribution is 0.121. The Kier molecular flexibility index (Phi) is 6.84. The van der Waals surface area contributed by atoms with Gasteiger partial charge < -0.3 is 18.8 Å². The number of fused-ring (bicyclic) bond motifs is 3. The predicted molar refractivity (Wildman–Crippen MR) is 142 cm³/mol. The number of piperazine rings is 1. The second kappa shape index (κ2) is 10.2. The SMILES string of the molecule is CCn1c2ccccc2c2cc(CN3CCN(Cc4cc(OC)c(OC)cc4OC)CC3)ccc21. The van der Waals surface area contributed by atoms with E-state index in [1.165, 1.54) is 27.4 Å². The minimum atomic E-state index is 0.692. The van der Waals surface area contributed by atoms with Gasteiger partial charge in [-0.1, -0.05) is 24.3 Å². The molecule has 0 radical (unpaired) electrons. The zero-order chi connectivity index (χ0) is 24.4. The van der Waals surface area contributed by atoms with Gasteiger partial charge in [-0.3, -0.25) is 9.80 Å². The van der Waals surface area contributed by atoms with Crippen molar-refractivity contribution in [1.82, 2.24) is 14.4 Å². The number of rotatable bonds is 8. The van der Waals surface area contributed by atoms with Crippen molar-refractivity contribution >= 4 is 21.8 Å². The number of hydrogen-bond donors (Lipinski definition) is 0. The molecule has 0 aliphatic carbocycles. The molecule has 1 aromatic heterocycles. The molecule has 0 saturated carbocycles. The molecule has 0 amide bonds. The van der Waals surface area contributed by atoms with Crippen LogP contribution in [0.25, 0.3) is 21.8 Å². The van der Waals surface area contributed by atoms with Gasteiger partial charge in [-0.15, -0.1) is 0 Å². The van der Waals surface area contributed by atoms with Crippen LogP contribution in [0.5, 0.6) is 17.2 Å². The van der Waals surface area contributed by atoms with Crippen molar-refractivity contribution in [3.8, 4) is 17.2 Å². The maximum Gasteiger partial charge on any atom is 0.164 e. The van der Waals surface area contributed by atoms with E-state index in [1.54, 1.807) is 21.3 Å². The summed E-state index contributed by atoms with van der Waals surface area (Å²) in [7, 11) is 5.03. The topological polar surface area (TPSA) is 39.1 Å². The molecule has 1 aliphatic rings. The Morgan fingerprint density at radius 3 is 1.97 bits per heavy atom. The van der Waals surface area contributed by atoms with E-state index in [0.717, 1.165) is 62.9 Å². The normalized spacial score (nSPS) is 15.1. The van der Waals surface area contributed by atoms with Crippen LogP contribution < -0.4 is 14.2 Å². The fourth-order valence-corrected chi connectivity index (χ4v) is 5.36. The lowest BCUT2D eigenvalue weighted by Crippen LogP contribution is -2.45. The molecule has 1 fully saturated rings. The van der Waals surface area contributed by atoms with Crippen molar-refractivity contribution in [3.05, 3.63) is 65.7 Å². The summed E-state index contributed by atoms with van der Waals surface area (Å²) in [6.07, 6.45) is 0. The average Bonchev–Trinajstić information content (AvgIpc) is 3.22. The highest BCUT2D eigenvalue weighted by molar-refractivity contribution is 6.08. The molecule has 0 spiro atoms. The van der Waals surface area contributed by atoms with Crippen LogP contribution in [0.15, 0.2) is 54.6 Å². The first-order valence-electron chi connectivity index (χ1n) is 12.4. The highest BCUT2D eigenvalue weighted by atomic mass is 16.5. The first-order valence-corrected chi connectivity index (χ1v) is 12.4. The smallest absolute Gasteiger partial charge is 0.164 e. The van der Waals surface area contributed by atoms with E-state index in [1.807, 2.05) is 12.1 Å². The van der Waals surface area contributed by atoms with E-state index in [-0.39, 0.29) is 0 Å². The lowest BCUT2D eigenvalue weighted by atomic mass is 10.1. The van der Waals surface area contributed by atoms with Crippen LogP contribution in [0, 0.1) is 0 Å². The summed E-state index contributed by atoms with van der Waals surface area (Å²) in [5, 5.41) is 2.71. The summed E-state index contributed by atoms with van der Waals surface area (Å²) in [4.78, 5) is 5.04. The van der Waals surface area contributed by atoms with Gasteiger partial charge in [-0.05, 0) is 36.8 Å². The summed E-state index contributed by atoms with van der Waals surface area (Å²) >= 11 is 0. The van der Waals surface area contributed by atoms with Crippen LogP contribution in [0.3, 0.4) is 0 Å². The van der Waals surface area contributed by atoms with Gasteiger partial charge in [0.25, 0.3) is 0 Å². The van der Waals surface area contributed by atoms with Crippen LogP contribution in [-0.2, 0) is 19.6 Å². The molecule has 3 aromatic carbocycles. The molecule has 184 valence electrons. The largest absolute Gasteiger partial charge is 0.496 e. The number of nitrogens with zero attached hydrogens (tertiary/aromatic N) is 3. The van der Waals surface area contributed by atoms with E-state index in [2.05, 4.69) is 63.8 Å². The van der Waals surface area contributed by atoms with Crippen molar-refractivity contribution < 1.29 is 14.2 Å². The molecule has 6 nitrogen and oxygen atoms in total. The second-order valence-electron chi connectivity index (χ2n) is 9.18. The summed E-state index contributed by atoms with van der Waals surface area (Å²) < 4.78 is 19.0. The maximum atomic E-state index is 5.63. The van der Waals surface area contributed by atoms with Crippen molar-refractivity contribution in [3.63, 3.8) is 0 Å². The molecule has 2 heterocycles. The van der Waals surface area contributed by atoms with Gasteiger partial charge in [0.15, 0.2) is 11.5 Å². The quantitative estimate of drug-likeness (QED) is 0.354. The number of aromatic nitrogens is 1. The number of benzene rings is 3. The highest BCUT2D eigenvalue weighted by Crippen LogP contribution is 2.35. The second-order valence-corrected chi connectivity index (χ2v) is 9.18. The first-order chi connectivity index (χ1) is 17.1. The summed E-state index contributed by atoms with van der Waals surface area (Å²) in [5.74, 6) is 2.27. The minimum Gasteiger partial charge on any atom is -0.496 e. The van der Waals surface area contributed by atoms with Gasteiger partial charge >= 0.3 is 0 Å². The Hall–Kier alpha value is -3.22. The van der Waals surface area contributed by atoms with Crippen molar-refractivity contribution in [2.45, 2.75) is 26.6 Å². The van der Waals surface area contributed by atoms with Crippen LogP contribution in [0.1, 0.15) is 18.1 Å². The van der Waals surface area contributed by atoms with E-state index >= 15 is 0 Å². The molecule has 35 heavy (non-hydrogen) atoms. The number of methoxy groups -OCH3 is 3. The van der Waals surface area contributed by atoms with Crippen molar-refractivity contribution in [2.24, 2.45) is 0 Å². The Morgan fingerprint density at radius 2 is 1.29 bits per heavy atom. The summed E-state index contributed by atoms with van der Waals surface area (Å²) in [6, 6.07) is 19.7. The molecule has 1 saturated heterocycles. The number of para-hydroxylation sites is 1. The van der Waals surface area contributed by atoms with E-state index < -0.39 is 0 Å². The van der Waals surface area contributed by atoms with Crippen LogP contribution in [-0.4, -0.2) is 61.9 Å². The molecule has 4 aromatic rings. The first kappa shape index (κ1) is 23.5. The van der Waals surface area contributed by atoms with Crippen molar-refractivity contribution in [1.29, 1.82) is 0 Å². The average molecular weight is 474 g/mol. The Bertz CT molecular complexity index is 1320. The monoisotopic (exact) mass is 473 g/mol. The standard InChI is InChI=1S/C29H35N3O3/c1-5-32-25-9-7-6-8-23(25)24-16-21(10-11-26(24)32)19-30-12-14-31(15-13-30)20-22-17-28(34-3)29(35-4)18-27(22)33-2/h6-11,16-18H,5,12-15,19-20H2,1-4H3. The van der Waals surface area contributed by atoms with Crippen LogP contribution in [0.2, 0.25) is 0 Å². The Labute approximate surface area is 207 Å². The van der Waals surface area contributed by atoms with Crippen LogP contribution >= 0.6 is 0 Å². The van der Waals surface area contributed by atoms with E-state index in [9.17, 15) is 0 Å². The zero-order valence-electron chi connectivity index (χ0n) is 21.2. The fraction of sp³-hybridized carbons (Fsp3) is 0.379. The zero-order valence-corrected chi connectivity index (χ0v) is 21.2. The summed E-state index contributed by atoms with van der Waals surface area (Å²) in [6.45, 7) is 9.15. The van der Waals surface area contributed by atoms with Crippen molar-refractivity contribution in [2.75, 3.05) is 47.5 Å². The lowest BCUT2D eigenvalue weighted by Gasteiger charge is -2.35. The summed E-state index contributed by atoms with van der Waals surface area (Å²) in [5.41, 5.74) is 5.15. The van der Waals surface area contributed by atoms with E-state index in [0.29, 0.717) is 5.75 Å². The Balaban J connectivity index is 1.26. The molecule has 0 atom stereocenters. The minimum absolute atomic E-state index is 0.692. The number of ether oxygens (including phenoxy) is 3. The molecular weight excluding hydrogens is 438 g/mol. The third-order valence-electron chi connectivity index (χ3n) is 7.20. The maximum absolute atomic E-state index is 5.63. The predicted octanol–water partition coefficient (Wildman–Crippen LogP) is 5.16. The molecular formula is C29H35N3O3. The van der Waals surface area contributed by atoms with Gasteiger partial charge in [0, 0.05) is 79.2 Å². The van der Waals surface area contributed by atoms with E-state index in [4.69, 9.17) is 14.2 Å². The number of hydrogen-bond acceptors (Lipinski definition) is 5. The third-order valence-corrected chi connectivity index (χ3v) is 7.20. The van der Waals surface area contributed by atoms with Gasteiger partial charge in [0.05, 0.1) is 21.3 Å². The Morgan fingerprint density at radius 1 is 0.657 bits per heavy atom. The van der Waals surface area contributed by atoms with Gasteiger partial charge in [-0.2, -0.15) is 0 Å². The van der Waals surface area contributed by atoms with Gasteiger partial charge in [0.1, 0.15) is 5.75 Å².